The lowest BCUT2D eigenvalue weighted by Gasteiger charge is -2.24. The first-order valence-corrected chi connectivity index (χ1v) is 13.2. The van der Waals surface area contributed by atoms with Crippen LogP contribution in [0.15, 0.2) is 41.6 Å². The van der Waals surface area contributed by atoms with E-state index >= 15 is 0 Å². The molecule has 1 aliphatic carbocycles. The highest BCUT2D eigenvalue weighted by Crippen LogP contribution is 2.33. The van der Waals surface area contributed by atoms with Crippen LogP contribution in [0.3, 0.4) is 0 Å². The van der Waals surface area contributed by atoms with E-state index in [1.54, 1.807) is 6.07 Å². The smallest absolute Gasteiger partial charge is 0.302 e. The Labute approximate surface area is 202 Å². The molecule has 1 saturated carbocycles. The van der Waals surface area contributed by atoms with Gasteiger partial charge in [-0.25, -0.2) is 17.4 Å². The molecule has 11 heteroatoms. The van der Waals surface area contributed by atoms with E-state index in [9.17, 15) is 22.0 Å². The van der Waals surface area contributed by atoms with E-state index in [-0.39, 0.29) is 40.5 Å². The van der Waals surface area contributed by atoms with Crippen LogP contribution in [0.1, 0.15) is 44.0 Å². The summed E-state index contributed by atoms with van der Waals surface area (Å²) in [7, 11) is -3.99. The number of hydrogen-bond acceptors (Lipinski definition) is 5. The largest absolute Gasteiger partial charge is 0.381 e. The van der Waals surface area contributed by atoms with E-state index in [0.29, 0.717) is 30.8 Å². The Bertz CT molecular complexity index is 1350. The van der Waals surface area contributed by atoms with Gasteiger partial charge in [0.1, 0.15) is 0 Å². The fourth-order valence-corrected chi connectivity index (χ4v) is 5.70. The number of carbonyl (C=O) groups excluding carboxylic acids is 1. The van der Waals surface area contributed by atoms with Crippen LogP contribution in [0.25, 0.3) is 11.0 Å². The van der Waals surface area contributed by atoms with Crippen LogP contribution in [0, 0.1) is 5.92 Å². The number of fused-ring (bicyclic) bond motifs is 1. The Morgan fingerprint density at radius 3 is 2.63 bits per heavy atom. The summed E-state index contributed by atoms with van der Waals surface area (Å²) >= 11 is 0. The third-order valence-electron chi connectivity index (χ3n) is 6.51. The minimum absolute atomic E-state index is 0.0590. The molecule has 2 fully saturated rings. The number of benzene rings is 1. The summed E-state index contributed by atoms with van der Waals surface area (Å²) in [4.78, 5) is 16.1. The van der Waals surface area contributed by atoms with E-state index in [4.69, 9.17) is 4.74 Å². The van der Waals surface area contributed by atoms with Crippen molar-refractivity contribution in [2.24, 2.45) is 5.92 Å². The van der Waals surface area contributed by atoms with Gasteiger partial charge in [-0.3, -0.25) is 4.79 Å². The first kappa shape index (κ1) is 23.9. The van der Waals surface area contributed by atoms with Gasteiger partial charge in [0.2, 0.25) is 5.91 Å². The zero-order valence-corrected chi connectivity index (χ0v) is 20.2. The third kappa shape index (κ3) is 5.11. The van der Waals surface area contributed by atoms with Crippen molar-refractivity contribution in [3.05, 3.63) is 48.0 Å². The molecule has 2 aromatic heterocycles. The first-order chi connectivity index (χ1) is 16.6. The zero-order valence-electron chi connectivity index (χ0n) is 19.4. The van der Waals surface area contributed by atoms with Crippen LogP contribution in [0.5, 0.6) is 0 Å². The molecule has 5 rings (SSSR count). The first-order valence-electron chi connectivity index (χ1n) is 11.8. The predicted octanol–water partition coefficient (Wildman–Crippen LogP) is 3.43. The third-order valence-corrected chi connectivity index (χ3v) is 8.14. The fourth-order valence-electron chi connectivity index (χ4n) is 4.46. The van der Waals surface area contributed by atoms with Gasteiger partial charge in [0.05, 0.1) is 22.3 Å². The number of carbonyl (C=O) groups is 1. The van der Waals surface area contributed by atoms with Gasteiger partial charge < -0.3 is 14.6 Å². The standard InChI is InChI=1S/C24H28F2N4O4S/c1-24(25,26)23-28-20-13-19(4-5-21(20)30(23)15-16-7-10-34-11-8-16)35(32,33)29-9-6-17(14-29)12-22(31)27-18-2-3-18/h4-6,9,13-14,16,18H,2-3,7-8,10-12,15H2,1H3,(H,27,31). The summed E-state index contributed by atoms with van der Waals surface area (Å²) in [5.74, 6) is -3.52. The molecule has 1 N–H and O–H groups in total. The molecule has 0 spiro atoms. The SMILES string of the molecule is CC(F)(F)c1nc2cc(S(=O)(=O)n3ccc(CC(=O)NC4CC4)c3)ccc2n1CC1CCOCC1. The number of nitrogens with one attached hydrogen (secondary N) is 1. The summed E-state index contributed by atoms with van der Waals surface area (Å²) in [6, 6.07) is 6.10. The lowest BCUT2D eigenvalue weighted by atomic mass is 10.00. The average molecular weight is 507 g/mol. The second kappa shape index (κ2) is 9.02. The van der Waals surface area contributed by atoms with Gasteiger partial charge in [-0.05, 0) is 61.4 Å². The molecule has 3 heterocycles. The number of halogens is 2. The Morgan fingerprint density at radius 1 is 1.20 bits per heavy atom. The van der Waals surface area contributed by atoms with Gasteiger partial charge in [-0.1, -0.05) is 0 Å². The Balaban J connectivity index is 1.44. The lowest BCUT2D eigenvalue weighted by molar-refractivity contribution is -0.120. The molecule has 0 atom stereocenters. The van der Waals surface area contributed by atoms with Crippen molar-refractivity contribution in [1.82, 2.24) is 18.8 Å². The Morgan fingerprint density at radius 2 is 1.94 bits per heavy atom. The summed E-state index contributed by atoms with van der Waals surface area (Å²) < 4.78 is 63.3. The van der Waals surface area contributed by atoms with Crippen LogP contribution in [0.2, 0.25) is 0 Å². The molecule has 1 saturated heterocycles. The molecule has 3 aromatic rings. The van der Waals surface area contributed by atoms with E-state index in [1.807, 2.05) is 0 Å². The van der Waals surface area contributed by atoms with Gasteiger partial charge in [0.25, 0.3) is 10.0 Å². The molecule has 8 nitrogen and oxygen atoms in total. The highest BCUT2D eigenvalue weighted by atomic mass is 32.2. The maximum absolute atomic E-state index is 14.4. The number of nitrogens with zero attached hydrogens (tertiary/aromatic N) is 3. The topological polar surface area (TPSA) is 95.2 Å². The summed E-state index contributed by atoms with van der Waals surface area (Å²) in [6.07, 6.45) is 6.37. The number of aromatic nitrogens is 3. The molecule has 2 aliphatic rings. The van der Waals surface area contributed by atoms with Gasteiger partial charge in [0.15, 0.2) is 5.82 Å². The van der Waals surface area contributed by atoms with Gasteiger partial charge in [-0.15, -0.1) is 0 Å². The van der Waals surface area contributed by atoms with Gasteiger partial charge in [0, 0.05) is 45.1 Å². The molecule has 0 radical (unpaired) electrons. The zero-order chi connectivity index (χ0) is 24.8. The van der Waals surface area contributed by atoms with Crippen molar-refractivity contribution in [3.8, 4) is 0 Å². The lowest BCUT2D eigenvalue weighted by Crippen LogP contribution is -2.26. The summed E-state index contributed by atoms with van der Waals surface area (Å²) in [6.45, 7) is 2.36. The Hall–Kier alpha value is -2.79. The normalized spacial score (nSPS) is 17.7. The van der Waals surface area contributed by atoms with Crippen LogP contribution in [0.4, 0.5) is 8.78 Å². The van der Waals surface area contributed by atoms with Crippen molar-refractivity contribution >= 4 is 27.0 Å². The van der Waals surface area contributed by atoms with Crippen LogP contribution in [-0.2, 0) is 38.4 Å². The number of ether oxygens (including phenoxy) is 1. The predicted molar refractivity (Wildman–Crippen MR) is 125 cm³/mol. The molecular weight excluding hydrogens is 478 g/mol. The monoisotopic (exact) mass is 506 g/mol. The van der Waals surface area contributed by atoms with Crippen molar-refractivity contribution in [2.45, 2.75) is 62.4 Å². The molecule has 1 amide bonds. The molecule has 35 heavy (non-hydrogen) atoms. The second-order valence-electron chi connectivity index (χ2n) is 9.51. The second-order valence-corrected chi connectivity index (χ2v) is 11.4. The highest BCUT2D eigenvalue weighted by Gasteiger charge is 2.33. The number of hydrogen-bond donors (Lipinski definition) is 1. The summed E-state index contributed by atoms with van der Waals surface area (Å²) in [5.41, 5.74) is 1.24. The maximum atomic E-state index is 14.4. The summed E-state index contributed by atoms with van der Waals surface area (Å²) in [5, 5.41) is 2.87. The van der Waals surface area contributed by atoms with E-state index < -0.39 is 15.9 Å². The molecule has 0 unspecified atom stereocenters. The van der Waals surface area contributed by atoms with Crippen molar-refractivity contribution < 1.29 is 26.7 Å². The molecule has 0 bridgehead atoms. The van der Waals surface area contributed by atoms with Crippen LogP contribution >= 0.6 is 0 Å². The number of alkyl halides is 2. The van der Waals surface area contributed by atoms with Crippen LogP contribution < -0.4 is 5.32 Å². The number of amides is 1. The quantitative estimate of drug-likeness (QED) is 0.505. The molecule has 1 aliphatic heterocycles. The van der Waals surface area contributed by atoms with E-state index in [2.05, 4.69) is 10.3 Å². The fraction of sp³-hybridized carbons (Fsp3) is 0.500. The minimum atomic E-state index is -3.99. The van der Waals surface area contributed by atoms with Crippen molar-refractivity contribution in [1.29, 1.82) is 0 Å². The Kier molecular flexibility index (Phi) is 6.16. The van der Waals surface area contributed by atoms with E-state index in [0.717, 1.165) is 36.6 Å². The molecule has 1 aromatic carbocycles. The van der Waals surface area contributed by atoms with Crippen LogP contribution in [-0.4, -0.2) is 47.1 Å². The molecule has 188 valence electrons. The highest BCUT2D eigenvalue weighted by molar-refractivity contribution is 7.90. The van der Waals surface area contributed by atoms with Crippen molar-refractivity contribution in [3.63, 3.8) is 0 Å². The average Bonchev–Trinajstić information content (AvgIpc) is 3.35. The van der Waals surface area contributed by atoms with Gasteiger partial charge >= 0.3 is 5.92 Å². The van der Waals surface area contributed by atoms with Gasteiger partial charge in [-0.2, -0.15) is 8.78 Å². The minimum Gasteiger partial charge on any atom is -0.381 e. The van der Waals surface area contributed by atoms with E-state index in [1.165, 1.54) is 35.2 Å². The number of rotatable bonds is 8. The maximum Gasteiger partial charge on any atom is 0.302 e. The van der Waals surface area contributed by atoms with Crippen molar-refractivity contribution in [2.75, 3.05) is 13.2 Å². The molecular formula is C24H28F2N4O4S. The number of imidazole rings is 1.